The van der Waals surface area contributed by atoms with Crippen LogP contribution in [0, 0.1) is 0 Å². The van der Waals surface area contributed by atoms with E-state index in [4.69, 9.17) is 14.2 Å². The highest BCUT2D eigenvalue weighted by Gasteiger charge is 2.25. The van der Waals surface area contributed by atoms with E-state index in [2.05, 4.69) is 62.6 Å². The van der Waals surface area contributed by atoms with Crippen molar-refractivity contribution in [3.8, 4) is 11.5 Å². The van der Waals surface area contributed by atoms with Crippen molar-refractivity contribution in [3.63, 3.8) is 0 Å². The second-order valence-electron chi connectivity index (χ2n) is 12.5. The minimum atomic E-state index is -0.894. The van der Waals surface area contributed by atoms with Crippen LogP contribution in [0.2, 0.25) is 0 Å². The van der Waals surface area contributed by atoms with Gasteiger partial charge in [-0.1, -0.05) is 113 Å². The third-order valence-electron chi connectivity index (χ3n) is 8.53. The maximum absolute atomic E-state index is 12.6. The van der Waals surface area contributed by atoms with Crippen molar-refractivity contribution in [2.75, 3.05) is 13.7 Å². The monoisotopic (exact) mass is 636 g/mol. The molecule has 0 fully saturated rings. The summed E-state index contributed by atoms with van der Waals surface area (Å²) in [6, 6.07) is 34.3. The number of rotatable bonds is 13. The Morgan fingerprint density at radius 2 is 1.02 bits per heavy atom. The van der Waals surface area contributed by atoms with Gasteiger partial charge in [-0.15, -0.1) is 0 Å². The standard InChI is InChI=1S/C39H44N2O6/c1-38(2,28-14-8-6-9-15-28)30-19-23-32(24-20-30)46-36(43)40-27-13-12-18-34(35(42)45-5)41-37(44)47-33-25-21-31(22-26-33)39(3,4)29-16-10-7-11-17-29/h6-11,14-17,19-26,34H,12-13,18,27H2,1-5H3,(H,40,43)(H,41,44). The Labute approximate surface area is 277 Å². The number of hydrogen-bond donors (Lipinski definition) is 2. The van der Waals surface area contributed by atoms with Gasteiger partial charge < -0.3 is 24.8 Å². The van der Waals surface area contributed by atoms with E-state index in [9.17, 15) is 14.4 Å². The van der Waals surface area contributed by atoms with Gasteiger partial charge in [0.05, 0.1) is 7.11 Å². The van der Waals surface area contributed by atoms with Crippen molar-refractivity contribution in [2.45, 2.75) is 63.8 Å². The van der Waals surface area contributed by atoms with Crippen molar-refractivity contribution >= 4 is 18.2 Å². The predicted molar refractivity (Wildman–Crippen MR) is 183 cm³/mol. The largest absolute Gasteiger partial charge is 0.467 e. The fraction of sp³-hybridized carbons (Fsp3) is 0.308. The lowest BCUT2D eigenvalue weighted by Crippen LogP contribution is -2.43. The van der Waals surface area contributed by atoms with Gasteiger partial charge in [0.1, 0.15) is 17.5 Å². The van der Waals surface area contributed by atoms with Crippen molar-refractivity contribution < 1.29 is 28.6 Å². The van der Waals surface area contributed by atoms with Crippen LogP contribution in [0.4, 0.5) is 9.59 Å². The van der Waals surface area contributed by atoms with Crippen LogP contribution in [0.1, 0.15) is 69.2 Å². The van der Waals surface area contributed by atoms with E-state index in [0.29, 0.717) is 37.3 Å². The van der Waals surface area contributed by atoms with Gasteiger partial charge in [-0.3, -0.25) is 0 Å². The predicted octanol–water partition coefficient (Wildman–Crippen LogP) is 7.93. The van der Waals surface area contributed by atoms with Crippen molar-refractivity contribution in [1.82, 2.24) is 10.6 Å². The molecule has 0 aromatic heterocycles. The maximum atomic E-state index is 12.6. The lowest BCUT2D eigenvalue weighted by atomic mass is 9.78. The fourth-order valence-electron chi connectivity index (χ4n) is 5.40. The van der Waals surface area contributed by atoms with E-state index in [-0.39, 0.29) is 10.8 Å². The first-order chi connectivity index (χ1) is 22.5. The third kappa shape index (κ3) is 9.45. The molecular formula is C39H44N2O6. The zero-order valence-electron chi connectivity index (χ0n) is 27.7. The Balaban J connectivity index is 1.20. The fourth-order valence-corrected chi connectivity index (χ4v) is 5.40. The Kier molecular flexibility index (Phi) is 11.8. The Hall–Kier alpha value is -5.11. The van der Waals surface area contributed by atoms with Gasteiger partial charge >= 0.3 is 18.2 Å². The molecule has 4 rings (SSSR count). The number of nitrogens with one attached hydrogen (secondary N) is 2. The summed E-state index contributed by atoms with van der Waals surface area (Å²) in [6.45, 7) is 8.91. The molecule has 0 spiro atoms. The molecule has 8 heteroatoms. The van der Waals surface area contributed by atoms with Crippen molar-refractivity contribution in [2.24, 2.45) is 0 Å². The summed E-state index contributed by atoms with van der Waals surface area (Å²) in [4.78, 5) is 37.3. The molecule has 0 aliphatic heterocycles. The van der Waals surface area contributed by atoms with Crippen LogP contribution in [0.5, 0.6) is 11.5 Å². The van der Waals surface area contributed by atoms with Crippen LogP contribution >= 0.6 is 0 Å². The summed E-state index contributed by atoms with van der Waals surface area (Å²) in [6.07, 6.45) is 0.0796. The minimum absolute atomic E-state index is 0.193. The van der Waals surface area contributed by atoms with Crippen LogP contribution in [-0.2, 0) is 20.4 Å². The average Bonchev–Trinajstić information content (AvgIpc) is 3.08. The topological polar surface area (TPSA) is 103 Å². The Bertz CT molecular complexity index is 1600. The molecule has 1 unspecified atom stereocenters. The summed E-state index contributed by atoms with van der Waals surface area (Å²) in [5.74, 6) is 0.224. The molecule has 2 amide bonds. The normalized spacial score (nSPS) is 12.0. The van der Waals surface area contributed by atoms with Crippen LogP contribution in [0.15, 0.2) is 109 Å². The van der Waals surface area contributed by atoms with Gasteiger partial charge in [-0.05, 0) is 65.8 Å². The minimum Gasteiger partial charge on any atom is -0.467 e. The molecule has 4 aromatic rings. The van der Waals surface area contributed by atoms with E-state index in [1.807, 2.05) is 60.7 Å². The van der Waals surface area contributed by atoms with Gasteiger partial charge in [0.2, 0.25) is 0 Å². The first-order valence-corrected chi connectivity index (χ1v) is 15.8. The number of amides is 2. The quantitative estimate of drug-likeness (QED) is 0.114. The van der Waals surface area contributed by atoms with E-state index in [1.54, 1.807) is 24.3 Å². The molecule has 2 N–H and O–H groups in total. The summed E-state index contributed by atoms with van der Waals surface area (Å²) in [5, 5.41) is 5.33. The lowest BCUT2D eigenvalue weighted by molar-refractivity contribution is -0.143. The van der Waals surface area contributed by atoms with Gasteiger partial charge in [0, 0.05) is 17.4 Å². The molecule has 8 nitrogen and oxygen atoms in total. The maximum Gasteiger partial charge on any atom is 0.413 e. The molecule has 246 valence electrons. The number of ether oxygens (including phenoxy) is 3. The summed E-state index contributed by atoms with van der Waals surface area (Å²) < 4.78 is 15.8. The Morgan fingerprint density at radius 1 is 0.596 bits per heavy atom. The number of hydrogen-bond acceptors (Lipinski definition) is 6. The van der Waals surface area contributed by atoms with Gasteiger partial charge in [-0.25, -0.2) is 14.4 Å². The van der Waals surface area contributed by atoms with Crippen LogP contribution < -0.4 is 20.1 Å². The number of esters is 1. The molecule has 4 aromatic carbocycles. The molecular weight excluding hydrogens is 592 g/mol. The van der Waals surface area contributed by atoms with Gasteiger partial charge in [0.25, 0.3) is 0 Å². The molecule has 0 saturated carbocycles. The van der Waals surface area contributed by atoms with Crippen LogP contribution in [-0.4, -0.2) is 37.9 Å². The molecule has 0 aliphatic carbocycles. The second kappa shape index (κ2) is 15.9. The molecule has 0 radical (unpaired) electrons. The van der Waals surface area contributed by atoms with E-state index in [1.165, 1.54) is 18.2 Å². The van der Waals surface area contributed by atoms with E-state index >= 15 is 0 Å². The highest BCUT2D eigenvalue weighted by Crippen LogP contribution is 2.33. The molecule has 47 heavy (non-hydrogen) atoms. The van der Waals surface area contributed by atoms with Gasteiger partial charge in [0.15, 0.2) is 0 Å². The number of unbranched alkanes of at least 4 members (excludes halogenated alkanes) is 1. The average molecular weight is 637 g/mol. The summed E-state index contributed by atoms with van der Waals surface area (Å²) in [5.41, 5.74) is 4.13. The van der Waals surface area contributed by atoms with E-state index in [0.717, 1.165) is 11.1 Å². The molecule has 0 heterocycles. The Morgan fingerprint density at radius 3 is 1.47 bits per heavy atom. The van der Waals surface area contributed by atoms with Crippen LogP contribution in [0.3, 0.4) is 0 Å². The summed E-state index contributed by atoms with van der Waals surface area (Å²) >= 11 is 0. The van der Waals surface area contributed by atoms with Crippen molar-refractivity contribution in [3.05, 3.63) is 131 Å². The smallest absolute Gasteiger partial charge is 0.413 e. The van der Waals surface area contributed by atoms with Gasteiger partial charge in [-0.2, -0.15) is 0 Å². The highest BCUT2D eigenvalue weighted by atomic mass is 16.6. The van der Waals surface area contributed by atoms with Crippen LogP contribution in [0.25, 0.3) is 0 Å². The first kappa shape index (κ1) is 34.8. The molecule has 0 saturated heterocycles. The number of benzene rings is 4. The summed E-state index contributed by atoms with van der Waals surface area (Å²) in [7, 11) is 1.27. The number of methoxy groups -OCH3 is 1. The highest BCUT2D eigenvalue weighted by molar-refractivity contribution is 5.82. The van der Waals surface area contributed by atoms with E-state index < -0.39 is 24.2 Å². The second-order valence-corrected chi connectivity index (χ2v) is 12.5. The number of carbonyl (C=O) groups is 3. The number of carbonyl (C=O) groups excluding carboxylic acids is 3. The zero-order valence-corrected chi connectivity index (χ0v) is 27.7. The van der Waals surface area contributed by atoms with Crippen molar-refractivity contribution in [1.29, 1.82) is 0 Å². The molecule has 1 atom stereocenters. The lowest BCUT2D eigenvalue weighted by Gasteiger charge is -2.26. The molecule has 0 bridgehead atoms. The third-order valence-corrected chi connectivity index (χ3v) is 8.53. The first-order valence-electron chi connectivity index (χ1n) is 15.8. The zero-order chi connectivity index (χ0) is 33.9. The SMILES string of the molecule is COC(=O)C(CCCCNC(=O)Oc1ccc(C(C)(C)c2ccccc2)cc1)NC(=O)Oc1ccc(C(C)(C)c2ccccc2)cc1. The molecule has 0 aliphatic rings.